The van der Waals surface area contributed by atoms with Gasteiger partial charge in [0.1, 0.15) is 0 Å². The lowest BCUT2D eigenvalue weighted by molar-refractivity contribution is 0.209. The van der Waals surface area contributed by atoms with E-state index in [0.29, 0.717) is 10.8 Å². The van der Waals surface area contributed by atoms with Gasteiger partial charge in [0.15, 0.2) is 17.5 Å². The van der Waals surface area contributed by atoms with Crippen molar-refractivity contribution in [1.82, 2.24) is 19.7 Å². The van der Waals surface area contributed by atoms with Gasteiger partial charge >= 0.3 is 6.09 Å². The fourth-order valence-corrected chi connectivity index (χ4v) is 2.43. The fourth-order valence-electron chi connectivity index (χ4n) is 2.30. The van der Waals surface area contributed by atoms with Crippen LogP contribution < -0.4 is 10.6 Å². The van der Waals surface area contributed by atoms with Crippen LogP contribution >= 0.6 is 11.6 Å². The summed E-state index contributed by atoms with van der Waals surface area (Å²) in [4.78, 5) is 19.6. The zero-order chi connectivity index (χ0) is 18.0. The SMILES string of the molecule is Cc1cc(C)n(-c2nc(Nc3ccc(Cl)cc3)cnc2NC(=O)O)n1. The van der Waals surface area contributed by atoms with Crippen LogP contribution in [0, 0.1) is 13.8 Å². The van der Waals surface area contributed by atoms with Crippen LogP contribution in [0.25, 0.3) is 5.82 Å². The second-order valence-corrected chi connectivity index (χ2v) is 5.76. The third-order valence-electron chi connectivity index (χ3n) is 3.31. The number of nitrogens with one attached hydrogen (secondary N) is 2. The summed E-state index contributed by atoms with van der Waals surface area (Å²) in [5.41, 5.74) is 2.37. The van der Waals surface area contributed by atoms with Crippen molar-refractivity contribution in [3.63, 3.8) is 0 Å². The Labute approximate surface area is 148 Å². The summed E-state index contributed by atoms with van der Waals surface area (Å²) in [5, 5.41) is 19.3. The molecule has 8 nitrogen and oxygen atoms in total. The molecule has 0 atom stereocenters. The summed E-state index contributed by atoms with van der Waals surface area (Å²) in [7, 11) is 0. The molecule has 0 aliphatic rings. The van der Waals surface area contributed by atoms with Crippen LogP contribution in [0.1, 0.15) is 11.4 Å². The Morgan fingerprint density at radius 3 is 2.56 bits per heavy atom. The maximum Gasteiger partial charge on any atom is 0.410 e. The lowest BCUT2D eigenvalue weighted by atomic mass is 10.3. The van der Waals surface area contributed by atoms with Crippen LogP contribution in [-0.2, 0) is 0 Å². The summed E-state index contributed by atoms with van der Waals surface area (Å²) in [6.45, 7) is 3.70. The van der Waals surface area contributed by atoms with E-state index in [9.17, 15) is 4.79 Å². The molecule has 25 heavy (non-hydrogen) atoms. The number of anilines is 3. The third-order valence-corrected chi connectivity index (χ3v) is 3.56. The van der Waals surface area contributed by atoms with Gasteiger partial charge in [0.2, 0.25) is 0 Å². The van der Waals surface area contributed by atoms with E-state index in [0.717, 1.165) is 17.1 Å². The number of carbonyl (C=O) groups is 1. The van der Waals surface area contributed by atoms with Crippen LogP contribution in [0.4, 0.5) is 22.1 Å². The zero-order valence-corrected chi connectivity index (χ0v) is 14.2. The Hall–Kier alpha value is -3.13. The lowest BCUT2D eigenvalue weighted by Gasteiger charge is -2.12. The average Bonchev–Trinajstić information content (AvgIpc) is 2.89. The molecule has 128 valence electrons. The van der Waals surface area contributed by atoms with Crippen molar-refractivity contribution < 1.29 is 9.90 Å². The molecule has 9 heteroatoms. The van der Waals surface area contributed by atoms with Crippen molar-refractivity contribution in [3.05, 3.63) is 52.9 Å². The zero-order valence-electron chi connectivity index (χ0n) is 13.5. The summed E-state index contributed by atoms with van der Waals surface area (Å²) in [6.07, 6.45) is 0.213. The largest absolute Gasteiger partial charge is 0.465 e. The molecule has 0 radical (unpaired) electrons. The van der Waals surface area contributed by atoms with Gasteiger partial charge in [-0.2, -0.15) is 5.10 Å². The van der Waals surface area contributed by atoms with Gasteiger partial charge in [-0.3, -0.25) is 5.32 Å². The number of amides is 1. The molecule has 3 N–H and O–H groups in total. The molecule has 3 rings (SSSR count). The maximum atomic E-state index is 11.0. The number of carboxylic acid groups (broad SMARTS) is 1. The molecule has 1 aromatic carbocycles. The molecule has 0 fully saturated rings. The van der Waals surface area contributed by atoms with Crippen LogP contribution in [0.2, 0.25) is 5.02 Å². The fraction of sp³-hybridized carbons (Fsp3) is 0.125. The molecule has 0 saturated carbocycles. The molecular weight excluding hydrogens is 344 g/mol. The van der Waals surface area contributed by atoms with Crippen LogP contribution in [0.5, 0.6) is 0 Å². The lowest BCUT2D eigenvalue weighted by Crippen LogP contribution is -2.15. The number of rotatable bonds is 4. The highest BCUT2D eigenvalue weighted by Gasteiger charge is 2.15. The molecular formula is C16H15ClN6O2. The van der Waals surface area contributed by atoms with Crippen LogP contribution in [-0.4, -0.2) is 30.9 Å². The molecule has 2 aromatic heterocycles. The normalized spacial score (nSPS) is 10.5. The van der Waals surface area contributed by atoms with E-state index in [1.807, 2.05) is 19.9 Å². The molecule has 2 heterocycles. The van der Waals surface area contributed by atoms with Crippen molar-refractivity contribution in [3.8, 4) is 5.82 Å². The van der Waals surface area contributed by atoms with Gasteiger partial charge in [-0.25, -0.2) is 19.4 Å². The second-order valence-electron chi connectivity index (χ2n) is 5.33. The van der Waals surface area contributed by atoms with Gasteiger partial charge in [-0.15, -0.1) is 0 Å². The van der Waals surface area contributed by atoms with Crippen molar-refractivity contribution in [2.24, 2.45) is 0 Å². The Morgan fingerprint density at radius 1 is 1.24 bits per heavy atom. The Balaban J connectivity index is 2.01. The summed E-state index contributed by atoms with van der Waals surface area (Å²) >= 11 is 5.88. The van der Waals surface area contributed by atoms with E-state index in [2.05, 4.69) is 25.7 Å². The number of aryl methyl sites for hydroxylation is 2. The quantitative estimate of drug-likeness (QED) is 0.655. The number of halogens is 1. The van der Waals surface area contributed by atoms with Gasteiger partial charge in [-0.1, -0.05) is 11.6 Å². The average molecular weight is 359 g/mol. The molecule has 3 aromatic rings. The summed E-state index contributed by atoms with van der Waals surface area (Å²) < 4.78 is 1.54. The van der Waals surface area contributed by atoms with Gasteiger partial charge in [0.25, 0.3) is 0 Å². The van der Waals surface area contributed by atoms with E-state index in [-0.39, 0.29) is 11.6 Å². The van der Waals surface area contributed by atoms with E-state index in [1.54, 1.807) is 28.9 Å². The Morgan fingerprint density at radius 2 is 1.96 bits per heavy atom. The highest BCUT2D eigenvalue weighted by atomic mass is 35.5. The first-order valence-corrected chi connectivity index (χ1v) is 7.73. The first-order chi connectivity index (χ1) is 11.9. The predicted molar refractivity (Wildman–Crippen MR) is 95.0 cm³/mol. The van der Waals surface area contributed by atoms with E-state index in [4.69, 9.17) is 16.7 Å². The number of hydrogen-bond acceptors (Lipinski definition) is 5. The number of benzene rings is 1. The van der Waals surface area contributed by atoms with Crippen molar-refractivity contribution >= 4 is 35.0 Å². The van der Waals surface area contributed by atoms with Crippen molar-refractivity contribution in [2.75, 3.05) is 10.6 Å². The van der Waals surface area contributed by atoms with E-state index in [1.165, 1.54) is 6.20 Å². The van der Waals surface area contributed by atoms with Crippen molar-refractivity contribution in [2.45, 2.75) is 13.8 Å². The van der Waals surface area contributed by atoms with Gasteiger partial charge in [-0.05, 0) is 44.2 Å². The summed E-state index contributed by atoms with van der Waals surface area (Å²) in [5.74, 6) is 0.827. The maximum absolute atomic E-state index is 11.0. The topological polar surface area (TPSA) is 105 Å². The minimum absolute atomic E-state index is 0.0976. The van der Waals surface area contributed by atoms with E-state index >= 15 is 0 Å². The monoisotopic (exact) mass is 358 g/mol. The highest BCUT2D eigenvalue weighted by Crippen LogP contribution is 2.22. The predicted octanol–water partition coefficient (Wildman–Crippen LogP) is 3.77. The third kappa shape index (κ3) is 3.86. The molecule has 0 unspecified atom stereocenters. The molecule has 0 spiro atoms. The summed E-state index contributed by atoms with van der Waals surface area (Å²) in [6, 6.07) is 8.97. The van der Waals surface area contributed by atoms with Gasteiger partial charge in [0.05, 0.1) is 11.9 Å². The second kappa shape index (κ2) is 6.78. The smallest absolute Gasteiger partial charge is 0.410 e. The van der Waals surface area contributed by atoms with E-state index < -0.39 is 6.09 Å². The van der Waals surface area contributed by atoms with Crippen molar-refractivity contribution in [1.29, 1.82) is 0 Å². The number of hydrogen-bond donors (Lipinski definition) is 3. The van der Waals surface area contributed by atoms with Gasteiger partial charge in [0, 0.05) is 16.4 Å². The molecule has 0 saturated heterocycles. The van der Waals surface area contributed by atoms with Crippen LogP contribution in [0.3, 0.4) is 0 Å². The molecule has 0 bridgehead atoms. The Bertz CT molecular complexity index is 923. The standard InChI is InChI=1S/C16H15ClN6O2/c1-9-7-10(2)23(22-9)15-14(21-16(24)25)18-8-13(20-15)19-12-5-3-11(17)4-6-12/h3-8H,1-2H3,(H,18,21)(H,19,20)(H,24,25). The number of nitrogens with zero attached hydrogens (tertiary/aromatic N) is 4. The number of aromatic nitrogens is 4. The Kier molecular flexibility index (Phi) is 4.53. The molecule has 0 aliphatic carbocycles. The van der Waals surface area contributed by atoms with Crippen LogP contribution in [0.15, 0.2) is 36.5 Å². The van der Waals surface area contributed by atoms with Gasteiger partial charge < -0.3 is 10.4 Å². The highest BCUT2D eigenvalue weighted by molar-refractivity contribution is 6.30. The molecule has 1 amide bonds. The first kappa shape index (κ1) is 16.7. The minimum Gasteiger partial charge on any atom is -0.465 e. The minimum atomic E-state index is -1.23. The first-order valence-electron chi connectivity index (χ1n) is 7.35. The molecule has 0 aliphatic heterocycles.